The van der Waals surface area contributed by atoms with E-state index in [1.807, 2.05) is 34.6 Å². The van der Waals surface area contributed by atoms with Crippen molar-refractivity contribution >= 4 is 56.4 Å². The highest BCUT2D eigenvalue weighted by atomic mass is 28.4. The number of nitrogens with one attached hydrogen (secondary N) is 3. The van der Waals surface area contributed by atoms with Crippen LogP contribution < -0.4 is 33.0 Å². The van der Waals surface area contributed by atoms with Crippen molar-refractivity contribution in [3.8, 4) is 0 Å². The predicted molar refractivity (Wildman–Crippen MR) is 429 cm³/mol. The van der Waals surface area contributed by atoms with E-state index in [1.54, 1.807) is 4.90 Å². The van der Waals surface area contributed by atoms with Crippen LogP contribution in [0.15, 0.2) is 14.4 Å². The van der Waals surface area contributed by atoms with E-state index < -0.39 is 84.7 Å². The van der Waals surface area contributed by atoms with Crippen molar-refractivity contribution in [3.63, 3.8) is 0 Å². The summed E-state index contributed by atoms with van der Waals surface area (Å²) in [6.45, 7) is 15.6. The molecule has 0 aliphatic carbocycles. The fourth-order valence-electron chi connectivity index (χ4n) is 13.4. The second-order valence-corrected chi connectivity index (χ2v) is 38.5. The molecule has 1 heterocycles. The highest BCUT2D eigenvalue weighted by molar-refractivity contribution is 6.61. The van der Waals surface area contributed by atoms with Crippen molar-refractivity contribution in [1.82, 2.24) is 44.4 Å². The van der Waals surface area contributed by atoms with Gasteiger partial charge in [-0.05, 0) is 104 Å². The Kier molecular flexibility index (Phi) is 55.4. The number of aromatic nitrogens is 3. The molecule has 1 aromatic rings. The molecule has 110 heavy (non-hydrogen) atoms. The Hall–Kier alpha value is -4.71. The molecule has 0 saturated heterocycles. The highest BCUT2D eigenvalue weighted by Gasteiger charge is 2.41. The van der Waals surface area contributed by atoms with Crippen LogP contribution in [-0.4, -0.2) is 268 Å². The normalized spacial score (nSPS) is 14.0. The number of carbonyl (C=O) groups is 5. The van der Waals surface area contributed by atoms with E-state index in [1.165, 1.54) is 73.8 Å². The first-order valence-corrected chi connectivity index (χ1v) is 46.4. The molecule has 6 amide bonds. The molecule has 644 valence electrons. The maximum atomic E-state index is 14.3. The number of ether oxygens (including phenoxy) is 3. The lowest BCUT2D eigenvalue weighted by Gasteiger charge is -2.29. The van der Waals surface area contributed by atoms with Crippen molar-refractivity contribution in [2.24, 2.45) is 10.8 Å². The molecule has 5 atom stereocenters. The predicted octanol–water partition coefficient (Wildman–Crippen LogP) is 8.67. The average Bonchev–Trinajstić information content (AvgIpc) is 0.785. The quantitative estimate of drug-likeness (QED) is 0.0202. The van der Waals surface area contributed by atoms with Crippen LogP contribution in [0.3, 0.4) is 0 Å². The van der Waals surface area contributed by atoms with E-state index in [2.05, 4.69) is 29.8 Å². The van der Waals surface area contributed by atoms with Crippen LogP contribution in [0.25, 0.3) is 0 Å². The first kappa shape index (κ1) is 103. The highest BCUT2D eigenvalue weighted by Crippen LogP contribution is 2.33. The van der Waals surface area contributed by atoms with Gasteiger partial charge >= 0.3 is 73.5 Å². The number of aliphatic hydroxyl groups is 3. The van der Waals surface area contributed by atoms with Gasteiger partial charge in [0.1, 0.15) is 25.4 Å². The summed E-state index contributed by atoms with van der Waals surface area (Å²) < 4.78 is 70.7. The standard InChI is InChI=1S/C75H149N9O23Si3/c1-17-22-42-74(6,40-20-4)66(88)106-61-64(86)58-80(48-38-55-109(99-11,100-12)101-13)69(91)77-45-32-26-29-35-51-83-71(93)82(50-34-28-25-31-44-76-68(90)79(57-63(85)60-105-53-24-19-3)47-37-54-108(96-8,97-9)98-10)72(94)84(73(83)95)52-36-30-27-33-46-78-70(92)81(49-39-56-110(102-14,103-15)104-16)59-65(87)62-107-67(89)75(7,41-21-5)43-23-18-2/h63-65,85-87H,17-62H2,1-16H3,(H,76,90)(H,77,91)(H,78,92). The van der Waals surface area contributed by atoms with Crippen molar-refractivity contribution < 1.29 is 93.3 Å². The number of rotatable bonds is 69. The third kappa shape index (κ3) is 38.6. The van der Waals surface area contributed by atoms with Crippen LogP contribution in [0.5, 0.6) is 0 Å². The lowest BCUT2D eigenvalue weighted by Crippen LogP contribution is -2.54. The second-order valence-electron chi connectivity index (χ2n) is 29.2. The van der Waals surface area contributed by atoms with Gasteiger partial charge in [0.05, 0.1) is 43.2 Å². The number of hydrogen-bond acceptors (Lipinski definition) is 23. The molecule has 35 heteroatoms. The minimum atomic E-state index is -2.99. The fourth-order valence-corrected chi connectivity index (χ4v) is 18.5. The molecule has 32 nitrogen and oxygen atoms in total. The van der Waals surface area contributed by atoms with Gasteiger partial charge in [-0.2, -0.15) is 0 Å². The molecular weight excluding hydrogens is 1480 g/mol. The number of aliphatic hydroxyl groups excluding tert-OH is 3. The number of hydrogen-bond donors (Lipinski definition) is 6. The summed E-state index contributed by atoms with van der Waals surface area (Å²) in [7, 11) is 4.74. The van der Waals surface area contributed by atoms with E-state index in [0.29, 0.717) is 160 Å². The Balaban J connectivity index is 3.37. The molecule has 0 aliphatic heterocycles. The summed E-state index contributed by atoms with van der Waals surface area (Å²) >= 11 is 0. The number of amides is 6. The van der Waals surface area contributed by atoms with E-state index in [0.717, 1.165) is 65.1 Å². The van der Waals surface area contributed by atoms with Crippen molar-refractivity contribution in [1.29, 1.82) is 0 Å². The van der Waals surface area contributed by atoms with Crippen molar-refractivity contribution in [2.45, 2.75) is 278 Å². The number of urea groups is 3. The van der Waals surface area contributed by atoms with Crippen molar-refractivity contribution in [2.75, 3.05) is 149 Å². The second kappa shape index (κ2) is 59.0. The van der Waals surface area contributed by atoms with Crippen LogP contribution in [0.4, 0.5) is 14.4 Å². The zero-order valence-electron chi connectivity index (χ0n) is 70.4. The monoisotopic (exact) mass is 1630 g/mol. The van der Waals surface area contributed by atoms with Gasteiger partial charge in [-0.25, -0.2) is 42.5 Å². The maximum Gasteiger partial charge on any atom is 0.500 e. The fraction of sp³-hybridized carbons (Fsp3) is 0.893. The number of unbranched alkanes of at least 4 members (excludes halogenated alkanes) is 12. The summed E-state index contributed by atoms with van der Waals surface area (Å²) in [5.74, 6) is -0.746. The Morgan fingerprint density at radius 2 is 0.645 bits per heavy atom. The van der Waals surface area contributed by atoms with Gasteiger partial charge in [0.25, 0.3) is 0 Å². The van der Waals surface area contributed by atoms with Gasteiger partial charge in [0, 0.05) is 148 Å². The number of carbonyl (C=O) groups excluding carboxylic acids is 5. The molecule has 1 aromatic heterocycles. The van der Waals surface area contributed by atoms with Gasteiger partial charge in [-0.3, -0.25) is 9.59 Å². The Labute approximate surface area is 660 Å². The third-order valence-corrected chi connectivity index (χ3v) is 28.8. The molecule has 0 aromatic carbocycles. The van der Waals surface area contributed by atoms with Crippen LogP contribution in [0.2, 0.25) is 18.1 Å². The Morgan fingerprint density at radius 1 is 0.373 bits per heavy atom. The van der Waals surface area contributed by atoms with Crippen LogP contribution in [-0.2, 0) is 83.3 Å². The molecule has 0 radical (unpaired) electrons. The smallest absolute Gasteiger partial charge is 0.462 e. The van der Waals surface area contributed by atoms with Gasteiger partial charge in [-0.1, -0.05) is 118 Å². The average molecular weight is 1630 g/mol. The minimum Gasteiger partial charge on any atom is -0.462 e. The topological polar surface area (TPSA) is 369 Å². The minimum absolute atomic E-state index is 0.0316. The van der Waals surface area contributed by atoms with Gasteiger partial charge in [0.15, 0.2) is 0 Å². The third-order valence-electron chi connectivity index (χ3n) is 20.3. The van der Waals surface area contributed by atoms with Crippen molar-refractivity contribution in [3.05, 3.63) is 31.5 Å². The summed E-state index contributed by atoms with van der Waals surface area (Å²) in [6.07, 6.45) is 14.3. The van der Waals surface area contributed by atoms with E-state index >= 15 is 0 Å². The molecule has 0 fully saturated rings. The first-order valence-electron chi connectivity index (χ1n) is 40.6. The van der Waals surface area contributed by atoms with E-state index in [-0.39, 0.29) is 103 Å². The van der Waals surface area contributed by atoms with Gasteiger partial charge in [0.2, 0.25) is 0 Å². The van der Waals surface area contributed by atoms with Gasteiger partial charge in [-0.15, -0.1) is 0 Å². The molecule has 1 rings (SSSR count). The van der Waals surface area contributed by atoms with Crippen LogP contribution in [0, 0.1) is 10.8 Å². The molecule has 0 bridgehead atoms. The summed E-state index contributed by atoms with van der Waals surface area (Å²) in [6, 6.07) is 0.0328. The molecule has 0 spiro atoms. The Bertz CT molecular complexity index is 2670. The van der Waals surface area contributed by atoms with Gasteiger partial charge < -0.3 is 100 Å². The summed E-state index contributed by atoms with van der Waals surface area (Å²) in [5, 5.41) is 42.1. The summed E-state index contributed by atoms with van der Waals surface area (Å²) in [4.78, 5) is 115. The summed E-state index contributed by atoms with van der Waals surface area (Å²) in [5.41, 5.74) is -3.51. The zero-order chi connectivity index (χ0) is 82.4. The maximum absolute atomic E-state index is 14.3. The lowest BCUT2D eigenvalue weighted by molar-refractivity contribution is -0.160. The van der Waals surface area contributed by atoms with E-state index in [9.17, 15) is 53.7 Å². The van der Waals surface area contributed by atoms with Crippen LogP contribution in [0.1, 0.15) is 222 Å². The molecule has 0 aliphatic rings. The number of nitrogens with zero attached hydrogens (tertiary/aromatic N) is 6. The molecular formula is C75H149N9O23Si3. The van der Waals surface area contributed by atoms with E-state index in [4.69, 9.17) is 54.0 Å². The zero-order valence-corrected chi connectivity index (χ0v) is 73.4. The van der Waals surface area contributed by atoms with Crippen LogP contribution >= 0.6 is 0 Å². The molecule has 6 N–H and O–H groups in total. The molecule has 5 unspecified atom stereocenters. The largest absolute Gasteiger partial charge is 0.500 e. The SMILES string of the molecule is CCCCOCC(O)CN(CCC[Si](OC)(OC)OC)C(=O)NCCCCCCn1c(=O)n(CCCCCCNC(=O)N(CCC[Si](OC)(OC)OC)CC(O)COC(=O)C(C)(CCC)CCCC)c(=O)n(CCCCCCNC(=O)N(CCC[Si](OC)(OC)OC)CC(O)COC(=O)C(C)(CCC)CCCC)c1=O. The first-order chi connectivity index (χ1) is 52.6. The number of esters is 2. The Morgan fingerprint density at radius 3 is 0.909 bits per heavy atom. The lowest BCUT2D eigenvalue weighted by atomic mass is 9.81. The molecule has 0 saturated carbocycles.